The summed E-state index contributed by atoms with van der Waals surface area (Å²) in [4.78, 5) is 4.41. The van der Waals surface area contributed by atoms with Crippen molar-refractivity contribution < 1.29 is 0 Å². The fraction of sp³-hybridized carbons (Fsp3) is 0.312. The molecule has 1 fully saturated rings. The first-order valence-electron chi connectivity index (χ1n) is 7.54. The number of rotatable bonds is 4. The second-order valence-corrected chi connectivity index (χ2v) is 6.68. The molecule has 0 bridgehead atoms. The molecule has 1 N–H and O–H groups in total. The molecule has 7 heteroatoms. The van der Waals surface area contributed by atoms with Gasteiger partial charge in [-0.2, -0.15) is 0 Å². The molecular formula is C16H15Cl2N5. The van der Waals surface area contributed by atoms with Gasteiger partial charge in [-0.1, -0.05) is 29.3 Å². The van der Waals surface area contributed by atoms with E-state index in [9.17, 15) is 0 Å². The van der Waals surface area contributed by atoms with Crippen LogP contribution in [0.15, 0.2) is 30.6 Å². The molecule has 0 spiro atoms. The summed E-state index contributed by atoms with van der Waals surface area (Å²) in [5.41, 5.74) is 1.70. The lowest BCUT2D eigenvalue weighted by atomic mass is 10.1. The zero-order valence-corrected chi connectivity index (χ0v) is 14.0. The Morgan fingerprint density at radius 2 is 2.09 bits per heavy atom. The molecule has 0 aliphatic heterocycles. The number of aromatic nitrogens is 4. The van der Waals surface area contributed by atoms with Gasteiger partial charge in [-0.05, 0) is 37.5 Å². The monoisotopic (exact) mass is 347 g/mol. The molecule has 23 heavy (non-hydrogen) atoms. The van der Waals surface area contributed by atoms with Gasteiger partial charge in [0.1, 0.15) is 5.82 Å². The van der Waals surface area contributed by atoms with E-state index >= 15 is 0 Å². The molecule has 4 rings (SSSR count). The zero-order chi connectivity index (χ0) is 16.0. The summed E-state index contributed by atoms with van der Waals surface area (Å²) >= 11 is 12.2. The predicted octanol–water partition coefficient (Wildman–Crippen LogP) is 4.48. The van der Waals surface area contributed by atoms with Crippen LogP contribution >= 0.6 is 23.2 Å². The van der Waals surface area contributed by atoms with E-state index in [-0.39, 0.29) is 6.04 Å². The largest absolute Gasteiger partial charge is 0.360 e. The molecular weight excluding hydrogens is 333 g/mol. The van der Waals surface area contributed by atoms with Crippen molar-refractivity contribution in [3.63, 3.8) is 0 Å². The van der Waals surface area contributed by atoms with Crippen molar-refractivity contribution in [2.24, 2.45) is 0 Å². The highest BCUT2D eigenvalue weighted by atomic mass is 35.5. The average Bonchev–Trinajstić information content (AvgIpc) is 3.26. The lowest BCUT2D eigenvalue weighted by Crippen LogP contribution is -2.10. The maximum Gasteiger partial charge on any atom is 0.203 e. The Labute approximate surface area is 143 Å². The number of halogens is 2. The van der Waals surface area contributed by atoms with Gasteiger partial charge in [0.05, 0.1) is 6.04 Å². The Kier molecular flexibility index (Phi) is 3.62. The van der Waals surface area contributed by atoms with Crippen LogP contribution in [0.5, 0.6) is 0 Å². The number of nitrogens with one attached hydrogen (secondary N) is 1. The number of anilines is 1. The van der Waals surface area contributed by atoms with Gasteiger partial charge in [0, 0.05) is 28.4 Å². The Morgan fingerprint density at radius 3 is 2.83 bits per heavy atom. The van der Waals surface area contributed by atoms with E-state index in [1.165, 1.54) is 12.8 Å². The molecule has 1 aliphatic carbocycles. The fourth-order valence-corrected chi connectivity index (χ4v) is 3.27. The van der Waals surface area contributed by atoms with E-state index in [1.54, 1.807) is 12.3 Å². The minimum atomic E-state index is -0.0282. The molecule has 1 aromatic carbocycles. The van der Waals surface area contributed by atoms with Crippen LogP contribution < -0.4 is 5.32 Å². The van der Waals surface area contributed by atoms with E-state index in [1.807, 2.05) is 29.7 Å². The number of hydrogen-bond donors (Lipinski definition) is 1. The van der Waals surface area contributed by atoms with Crippen molar-refractivity contribution in [2.45, 2.75) is 31.7 Å². The Hall–Kier alpha value is -1.85. The topological polar surface area (TPSA) is 55.1 Å². The highest BCUT2D eigenvalue weighted by Crippen LogP contribution is 2.39. The van der Waals surface area contributed by atoms with Crippen LogP contribution in [-0.4, -0.2) is 19.6 Å². The molecule has 118 valence electrons. The van der Waals surface area contributed by atoms with Crippen LogP contribution in [0.1, 0.15) is 43.1 Å². The summed E-state index contributed by atoms with van der Waals surface area (Å²) in [5, 5.41) is 13.2. The second kappa shape index (κ2) is 5.65. The zero-order valence-electron chi connectivity index (χ0n) is 12.5. The van der Waals surface area contributed by atoms with Crippen molar-refractivity contribution in [3.8, 4) is 0 Å². The summed E-state index contributed by atoms with van der Waals surface area (Å²) in [5.74, 6) is 2.25. The predicted molar refractivity (Wildman–Crippen MR) is 91.3 cm³/mol. The van der Waals surface area contributed by atoms with Gasteiger partial charge in [-0.15, -0.1) is 10.2 Å². The van der Waals surface area contributed by atoms with Gasteiger partial charge in [0.15, 0.2) is 5.82 Å². The number of nitrogens with zero attached hydrogens (tertiary/aromatic N) is 4. The maximum atomic E-state index is 6.28. The summed E-state index contributed by atoms with van der Waals surface area (Å²) < 4.78 is 2.02. The Balaban J connectivity index is 1.67. The Morgan fingerprint density at radius 1 is 1.26 bits per heavy atom. The fourth-order valence-electron chi connectivity index (χ4n) is 2.70. The minimum absolute atomic E-state index is 0.0282. The average molecular weight is 348 g/mol. The summed E-state index contributed by atoms with van der Waals surface area (Å²) in [6.07, 6.45) is 6.04. The first-order valence-corrected chi connectivity index (χ1v) is 8.30. The van der Waals surface area contributed by atoms with E-state index in [0.29, 0.717) is 21.8 Å². The molecule has 0 radical (unpaired) electrons. The smallest absolute Gasteiger partial charge is 0.203 e. The normalized spacial score (nSPS) is 15.8. The van der Waals surface area contributed by atoms with E-state index in [0.717, 1.165) is 17.0 Å². The summed E-state index contributed by atoms with van der Waals surface area (Å²) in [6.45, 7) is 2.03. The SMILES string of the molecule is CC(Nc1nccn2c(C3CC3)nnc12)c1ccc(Cl)cc1Cl. The summed E-state index contributed by atoms with van der Waals surface area (Å²) in [6, 6.07) is 5.46. The van der Waals surface area contributed by atoms with Crippen LogP contribution in [-0.2, 0) is 0 Å². The highest BCUT2D eigenvalue weighted by Gasteiger charge is 2.29. The third kappa shape index (κ3) is 2.75. The molecule has 1 unspecified atom stereocenters. The van der Waals surface area contributed by atoms with Crippen LogP contribution in [0.25, 0.3) is 5.65 Å². The van der Waals surface area contributed by atoms with Crippen LogP contribution in [0.3, 0.4) is 0 Å². The van der Waals surface area contributed by atoms with E-state index in [2.05, 4.69) is 20.5 Å². The molecule has 5 nitrogen and oxygen atoms in total. The molecule has 2 aromatic heterocycles. The lowest BCUT2D eigenvalue weighted by molar-refractivity contribution is 0.868. The molecule has 2 heterocycles. The highest BCUT2D eigenvalue weighted by molar-refractivity contribution is 6.35. The lowest BCUT2D eigenvalue weighted by Gasteiger charge is -2.16. The second-order valence-electron chi connectivity index (χ2n) is 5.83. The van der Waals surface area contributed by atoms with Crippen molar-refractivity contribution in [1.29, 1.82) is 0 Å². The first-order chi connectivity index (χ1) is 11.1. The molecule has 3 aromatic rings. The minimum Gasteiger partial charge on any atom is -0.360 e. The number of hydrogen-bond acceptors (Lipinski definition) is 4. The Bertz CT molecular complexity index is 872. The van der Waals surface area contributed by atoms with Crippen molar-refractivity contribution in [3.05, 3.63) is 52.0 Å². The van der Waals surface area contributed by atoms with Crippen molar-refractivity contribution in [1.82, 2.24) is 19.6 Å². The van der Waals surface area contributed by atoms with Gasteiger partial charge in [0.2, 0.25) is 5.65 Å². The van der Waals surface area contributed by atoms with Crippen LogP contribution in [0, 0.1) is 0 Å². The molecule has 0 amide bonds. The quantitative estimate of drug-likeness (QED) is 0.755. The number of fused-ring (bicyclic) bond motifs is 1. The van der Waals surface area contributed by atoms with Gasteiger partial charge < -0.3 is 5.32 Å². The molecule has 1 saturated carbocycles. The van der Waals surface area contributed by atoms with E-state index in [4.69, 9.17) is 23.2 Å². The molecule has 1 aliphatic rings. The van der Waals surface area contributed by atoms with Gasteiger partial charge in [0.25, 0.3) is 0 Å². The third-order valence-corrected chi connectivity index (χ3v) is 4.64. The molecule has 0 saturated heterocycles. The van der Waals surface area contributed by atoms with Crippen molar-refractivity contribution in [2.75, 3.05) is 5.32 Å². The van der Waals surface area contributed by atoms with Gasteiger partial charge in [-0.25, -0.2) is 4.98 Å². The van der Waals surface area contributed by atoms with Gasteiger partial charge in [-0.3, -0.25) is 4.40 Å². The third-order valence-electron chi connectivity index (χ3n) is 4.08. The van der Waals surface area contributed by atoms with Gasteiger partial charge >= 0.3 is 0 Å². The first kappa shape index (κ1) is 14.7. The molecule has 1 atom stereocenters. The van der Waals surface area contributed by atoms with E-state index < -0.39 is 0 Å². The summed E-state index contributed by atoms with van der Waals surface area (Å²) in [7, 11) is 0. The van der Waals surface area contributed by atoms with Crippen LogP contribution in [0.2, 0.25) is 10.0 Å². The number of benzene rings is 1. The van der Waals surface area contributed by atoms with Crippen LogP contribution in [0.4, 0.5) is 5.82 Å². The van der Waals surface area contributed by atoms with Crippen molar-refractivity contribution >= 4 is 34.7 Å². The standard InChI is InChI=1S/C16H15Cl2N5/c1-9(12-5-4-11(17)8-13(12)18)20-14-16-22-21-15(10-2-3-10)23(16)7-6-19-14/h4-10H,2-3H2,1H3,(H,19,20). The maximum absolute atomic E-state index is 6.28.